The molecule has 10 heteroatoms. The molecule has 3 rings (SSSR count). The van der Waals surface area contributed by atoms with Gasteiger partial charge in [0, 0.05) is 24.6 Å². The van der Waals surface area contributed by atoms with Gasteiger partial charge in [-0.2, -0.15) is 5.26 Å². The van der Waals surface area contributed by atoms with E-state index in [0.717, 1.165) is 36.9 Å². The first-order chi connectivity index (χ1) is 19.1. The zero-order chi connectivity index (χ0) is 27.6. The second-order valence-electron chi connectivity index (χ2n) is 9.96. The van der Waals surface area contributed by atoms with E-state index in [1.165, 1.54) is 36.6 Å². The molecule has 1 fully saturated rings. The summed E-state index contributed by atoms with van der Waals surface area (Å²) in [5, 5.41) is 14.8. The van der Waals surface area contributed by atoms with Gasteiger partial charge in [-0.1, -0.05) is 79.7 Å². The minimum atomic E-state index is -3.55. The molecule has 9 nitrogen and oxygen atoms in total. The number of amidine groups is 1. The van der Waals surface area contributed by atoms with Gasteiger partial charge in [-0.15, -0.1) is 0 Å². The summed E-state index contributed by atoms with van der Waals surface area (Å²) in [6.45, 7) is 1.64. The highest BCUT2D eigenvalue weighted by Crippen LogP contribution is 2.26. The molecular formula is C29H42N6O3S. The van der Waals surface area contributed by atoms with E-state index in [9.17, 15) is 8.42 Å². The number of anilines is 1. The average molecular weight is 555 g/mol. The maximum Gasteiger partial charge on any atom is 0.236 e. The van der Waals surface area contributed by atoms with Gasteiger partial charge in [0.15, 0.2) is 6.19 Å². The number of pyridine rings is 1. The van der Waals surface area contributed by atoms with E-state index >= 15 is 0 Å². The highest BCUT2D eigenvalue weighted by atomic mass is 32.2. The lowest BCUT2D eigenvalue weighted by Crippen LogP contribution is -2.33. The fraction of sp³-hybridized carbons (Fsp3) is 0.552. The van der Waals surface area contributed by atoms with Crippen LogP contribution in [-0.4, -0.2) is 49.2 Å². The predicted molar refractivity (Wildman–Crippen MR) is 155 cm³/mol. The lowest BCUT2D eigenvalue weighted by Gasteiger charge is -2.25. The molecule has 0 amide bonds. The molecule has 39 heavy (non-hydrogen) atoms. The zero-order valence-electron chi connectivity index (χ0n) is 22.8. The summed E-state index contributed by atoms with van der Waals surface area (Å²) >= 11 is 0. The quantitative estimate of drug-likeness (QED) is 0.0684. The van der Waals surface area contributed by atoms with Crippen LogP contribution < -0.4 is 10.6 Å². The summed E-state index contributed by atoms with van der Waals surface area (Å²) in [6.07, 6.45) is 15.5. The van der Waals surface area contributed by atoms with Crippen LogP contribution in [-0.2, 0) is 21.4 Å². The minimum Gasteiger partial charge on any atom is -0.378 e. The zero-order valence-corrected chi connectivity index (χ0v) is 23.6. The van der Waals surface area contributed by atoms with Crippen molar-refractivity contribution in [1.82, 2.24) is 14.8 Å². The fourth-order valence-electron chi connectivity index (χ4n) is 4.68. The van der Waals surface area contributed by atoms with Crippen molar-refractivity contribution < 1.29 is 13.3 Å². The molecule has 0 bridgehead atoms. The third-order valence-corrected chi connectivity index (χ3v) is 8.56. The van der Waals surface area contributed by atoms with Crippen molar-refractivity contribution >= 4 is 21.5 Å². The highest BCUT2D eigenvalue weighted by Gasteiger charge is 2.24. The van der Waals surface area contributed by atoms with Crippen LogP contribution in [0, 0.1) is 17.4 Å². The number of sulfonamides is 1. The van der Waals surface area contributed by atoms with Crippen LogP contribution in [0.1, 0.15) is 69.8 Å². The Hall–Kier alpha value is -3.00. The first-order valence-corrected chi connectivity index (χ1v) is 15.7. The summed E-state index contributed by atoms with van der Waals surface area (Å²) < 4.78 is 27.6. The first kappa shape index (κ1) is 30.5. The maximum atomic E-state index is 13.2. The summed E-state index contributed by atoms with van der Waals surface area (Å²) in [5.74, 6) is 1.26. The van der Waals surface area contributed by atoms with Crippen LogP contribution in [0.4, 0.5) is 5.69 Å². The Morgan fingerprint density at radius 1 is 1.05 bits per heavy atom. The topological polar surface area (TPSA) is 120 Å². The van der Waals surface area contributed by atoms with Gasteiger partial charge in [-0.05, 0) is 42.9 Å². The summed E-state index contributed by atoms with van der Waals surface area (Å²) in [7, 11) is -3.55. The van der Waals surface area contributed by atoms with Gasteiger partial charge in [0.1, 0.15) is 5.84 Å². The van der Waals surface area contributed by atoms with Gasteiger partial charge >= 0.3 is 0 Å². The number of benzene rings is 1. The third-order valence-electron chi connectivity index (χ3n) is 6.90. The van der Waals surface area contributed by atoms with Gasteiger partial charge in [-0.3, -0.25) is 20.1 Å². The number of unbranched alkanes of at least 4 members (excludes halogenated alkanes) is 3. The Bertz CT molecular complexity index is 1120. The van der Waals surface area contributed by atoms with Crippen LogP contribution >= 0.6 is 0 Å². The predicted octanol–water partition coefficient (Wildman–Crippen LogP) is 5.26. The number of hydroxylamine groups is 1. The van der Waals surface area contributed by atoms with Crippen LogP contribution in [0.15, 0.2) is 59.9 Å². The Morgan fingerprint density at radius 2 is 1.79 bits per heavy atom. The lowest BCUT2D eigenvalue weighted by molar-refractivity contribution is -0.0960. The molecule has 1 heterocycles. The maximum absolute atomic E-state index is 13.2. The molecule has 0 spiro atoms. The summed E-state index contributed by atoms with van der Waals surface area (Å²) in [5.41, 5.74) is 1.81. The van der Waals surface area contributed by atoms with E-state index in [1.54, 1.807) is 12.4 Å². The second kappa shape index (κ2) is 17.6. The molecule has 1 aliphatic carbocycles. The second-order valence-corrected chi connectivity index (χ2v) is 11.9. The standard InChI is InChI=1S/C29H42N6O3S/c30-25-34-29(23-33-28-15-19-31-20-16-28)32-18-9-1-2-10-22-39(36,37)35(24-27-13-7-4-8-14-27)38-21-17-26-11-5-3-6-12-26/h4,7-8,13-16,19-20,26H,1-3,5-6,9-12,17-18,21-24H2,(H,31,33)(H,32,34). The van der Waals surface area contributed by atoms with Crippen molar-refractivity contribution in [2.45, 2.75) is 70.8 Å². The van der Waals surface area contributed by atoms with Crippen molar-refractivity contribution in [3.63, 3.8) is 0 Å². The monoisotopic (exact) mass is 554 g/mol. The number of aromatic nitrogens is 1. The van der Waals surface area contributed by atoms with Crippen molar-refractivity contribution in [2.24, 2.45) is 10.9 Å². The number of rotatable bonds is 17. The van der Waals surface area contributed by atoms with E-state index in [-0.39, 0.29) is 12.3 Å². The number of hydrogen-bond acceptors (Lipinski definition) is 7. The Balaban J connectivity index is 1.40. The molecule has 0 radical (unpaired) electrons. The third kappa shape index (κ3) is 12.2. The Morgan fingerprint density at radius 3 is 2.54 bits per heavy atom. The normalized spacial score (nSPS) is 14.7. The molecular weight excluding hydrogens is 512 g/mol. The molecule has 0 atom stereocenters. The van der Waals surface area contributed by atoms with E-state index in [2.05, 4.69) is 20.6 Å². The molecule has 0 saturated heterocycles. The SMILES string of the molecule is N#CNC(CNc1ccncc1)=NCCCCCCS(=O)(=O)N(Cc1ccccc1)OCCC1CCCCC1. The van der Waals surface area contributed by atoms with E-state index in [1.807, 2.05) is 48.7 Å². The largest absolute Gasteiger partial charge is 0.378 e. The van der Waals surface area contributed by atoms with Crippen molar-refractivity contribution in [1.29, 1.82) is 5.26 Å². The molecule has 0 aliphatic heterocycles. The van der Waals surface area contributed by atoms with E-state index in [0.29, 0.717) is 37.9 Å². The molecule has 1 saturated carbocycles. The molecule has 2 aromatic rings. The van der Waals surface area contributed by atoms with Crippen LogP contribution in [0.3, 0.4) is 0 Å². The van der Waals surface area contributed by atoms with Crippen LogP contribution in [0.25, 0.3) is 0 Å². The highest BCUT2D eigenvalue weighted by molar-refractivity contribution is 7.88. The number of nitrogens with zero attached hydrogens (tertiary/aromatic N) is 4. The van der Waals surface area contributed by atoms with Crippen molar-refractivity contribution in [3.05, 3.63) is 60.4 Å². The summed E-state index contributed by atoms with van der Waals surface area (Å²) in [4.78, 5) is 14.4. The minimum absolute atomic E-state index is 0.0591. The lowest BCUT2D eigenvalue weighted by atomic mass is 9.87. The first-order valence-electron chi connectivity index (χ1n) is 14.1. The smallest absolute Gasteiger partial charge is 0.236 e. The molecule has 1 aromatic carbocycles. The van der Waals surface area contributed by atoms with Gasteiger partial charge in [0.25, 0.3) is 0 Å². The van der Waals surface area contributed by atoms with E-state index in [4.69, 9.17) is 10.1 Å². The van der Waals surface area contributed by atoms with E-state index < -0.39 is 10.0 Å². The van der Waals surface area contributed by atoms with Crippen LogP contribution in [0.2, 0.25) is 0 Å². The van der Waals surface area contributed by atoms with Gasteiger partial charge in [-0.25, -0.2) is 8.42 Å². The number of hydrogen-bond donors (Lipinski definition) is 2. The fourth-order valence-corrected chi connectivity index (χ4v) is 6.03. The molecule has 2 N–H and O–H groups in total. The van der Waals surface area contributed by atoms with Crippen LogP contribution in [0.5, 0.6) is 0 Å². The van der Waals surface area contributed by atoms with Gasteiger partial charge < -0.3 is 5.32 Å². The molecule has 1 aliphatic rings. The number of aliphatic imine (C=N–C) groups is 1. The Labute approximate surface area is 233 Å². The Kier molecular flexibility index (Phi) is 13.8. The van der Waals surface area contributed by atoms with Gasteiger partial charge in [0.05, 0.1) is 25.4 Å². The average Bonchev–Trinajstić information content (AvgIpc) is 2.96. The van der Waals surface area contributed by atoms with Gasteiger partial charge in [0.2, 0.25) is 10.0 Å². The molecule has 212 valence electrons. The van der Waals surface area contributed by atoms with Crippen molar-refractivity contribution in [3.8, 4) is 6.19 Å². The molecule has 0 unspecified atom stereocenters. The number of nitrogens with one attached hydrogen (secondary N) is 2. The number of nitriles is 1. The summed E-state index contributed by atoms with van der Waals surface area (Å²) in [6, 6.07) is 13.3. The van der Waals surface area contributed by atoms with Crippen molar-refractivity contribution in [2.75, 3.05) is 30.8 Å². The molecule has 1 aromatic heterocycles.